The lowest BCUT2D eigenvalue weighted by Gasteiger charge is -2.28. The molecule has 1 aliphatic rings. The Hall–Kier alpha value is -1.11. The summed E-state index contributed by atoms with van der Waals surface area (Å²) in [5.41, 5.74) is 0.374. The second kappa shape index (κ2) is 42.9. The van der Waals surface area contributed by atoms with Crippen LogP contribution in [0.3, 0.4) is 0 Å². The molecular formula is C44H86O. The Kier molecular flexibility index (Phi) is 46.0. The van der Waals surface area contributed by atoms with E-state index >= 15 is 0 Å². The molecule has 1 unspecified atom stereocenters. The van der Waals surface area contributed by atoms with E-state index in [1.165, 1.54) is 154 Å². The lowest BCUT2D eigenvalue weighted by molar-refractivity contribution is -0.118. The molecule has 268 valence electrons. The van der Waals surface area contributed by atoms with Crippen LogP contribution in [-0.4, -0.2) is 5.78 Å². The highest BCUT2D eigenvalue weighted by molar-refractivity contribution is 5.81. The van der Waals surface area contributed by atoms with Gasteiger partial charge in [-0.3, -0.25) is 4.79 Å². The van der Waals surface area contributed by atoms with Crippen molar-refractivity contribution < 1.29 is 4.79 Å². The zero-order valence-corrected chi connectivity index (χ0v) is 32.7. The lowest BCUT2D eigenvalue weighted by atomic mass is 9.76. The SMILES string of the molecule is CC.CC.CC/C=C\C/C=C\CCCCCCCCC1(CCCCCCCCCCC/C=C\CCCC)CCC(=O)C1.CCC. The molecule has 0 spiro atoms. The maximum Gasteiger partial charge on any atom is 0.133 e. The Bertz CT molecular complexity index is 627. The zero-order valence-electron chi connectivity index (χ0n) is 32.7. The number of rotatable bonds is 27. The molecule has 1 rings (SSSR count). The molecule has 1 nitrogen and oxygen atoms in total. The molecule has 0 bridgehead atoms. The Balaban J connectivity index is -0.00000232. The van der Waals surface area contributed by atoms with Gasteiger partial charge in [-0.25, -0.2) is 0 Å². The number of Topliss-reactive ketones (excluding diaryl/α,β-unsaturated/α-hetero) is 1. The molecule has 1 heteroatoms. The third-order valence-electron chi connectivity index (χ3n) is 8.64. The highest BCUT2D eigenvalue weighted by Crippen LogP contribution is 2.45. The van der Waals surface area contributed by atoms with Crippen LogP contribution in [0.4, 0.5) is 0 Å². The van der Waals surface area contributed by atoms with Crippen molar-refractivity contribution in [1.29, 1.82) is 0 Å². The number of hydrogen-bond donors (Lipinski definition) is 0. The number of unbranched alkanes of at least 4 members (excludes halogenated alkanes) is 17. The zero-order chi connectivity index (χ0) is 34.1. The van der Waals surface area contributed by atoms with E-state index in [0.29, 0.717) is 11.2 Å². The van der Waals surface area contributed by atoms with Crippen molar-refractivity contribution in [3.63, 3.8) is 0 Å². The molecule has 0 heterocycles. The Morgan fingerprint density at radius 3 is 1.29 bits per heavy atom. The van der Waals surface area contributed by atoms with E-state index in [1.807, 2.05) is 27.7 Å². The van der Waals surface area contributed by atoms with Gasteiger partial charge in [-0.2, -0.15) is 0 Å². The van der Waals surface area contributed by atoms with Gasteiger partial charge in [0.1, 0.15) is 5.78 Å². The van der Waals surface area contributed by atoms with E-state index in [4.69, 9.17) is 0 Å². The van der Waals surface area contributed by atoms with Crippen molar-refractivity contribution in [3.8, 4) is 0 Å². The van der Waals surface area contributed by atoms with Crippen molar-refractivity contribution >= 4 is 5.78 Å². The molecule has 0 aliphatic heterocycles. The maximum atomic E-state index is 12.1. The van der Waals surface area contributed by atoms with Crippen LogP contribution >= 0.6 is 0 Å². The minimum atomic E-state index is 0.374. The molecule has 45 heavy (non-hydrogen) atoms. The summed E-state index contributed by atoms with van der Waals surface area (Å²) in [4.78, 5) is 12.1. The normalized spacial score (nSPS) is 16.0. The van der Waals surface area contributed by atoms with Gasteiger partial charge in [0, 0.05) is 12.8 Å². The standard InChI is InChI=1S/C37H66O.C3H8.2C2H6/c1-3-5-7-9-11-13-15-17-18-20-22-24-26-28-30-33-37(34-31-36(38)35-37)32-29-27-25-23-21-19-16-14-12-10-8-6-4-2;1-3-2;2*1-2/h6,8-9,11-12,14H,3-5,7,10,13,15-35H2,1-2H3;3H2,1-2H3;2*1-2H3/b8-6-,11-9-,14-12-;;;. The topological polar surface area (TPSA) is 17.1 Å². The molecule has 0 radical (unpaired) electrons. The van der Waals surface area contributed by atoms with E-state index in [2.05, 4.69) is 64.2 Å². The maximum absolute atomic E-state index is 12.1. The summed E-state index contributed by atoms with van der Waals surface area (Å²) in [6, 6.07) is 0. The summed E-state index contributed by atoms with van der Waals surface area (Å²) in [5, 5.41) is 0. The Morgan fingerprint density at radius 2 is 0.889 bits per heavy atom. The molecule has 0 aromatic heterocycles. The Morgan fingerprint density at radius 1 is 0.511 bits per heavy atom. The fraction of sp³-hybridized carbons (Fsp3) is 0.841. The molecule has 0 N–H and O–H groups in total. The molecule has 1 fully saturated rings. The quantitative estimate of drug-likeness (QED) is 0.0652. The summed E-state index contributed by atoms with van der Waals surface area (Å²) >= 11 is 0. The van der Waals surface area contributed by atoms with Crippen molar-refractivity contribution in [3.05, 3.63) is 36.5 Å². The van der Waals surface area contributed by atoms with Gasteiger partial charge < -0.3 is 0 Å². The van der Waals surface area contributed by atoms with Crippen LogP contribution in [0.15, 0.2) is 36.5 Å². The second-order valence-electron chi connectivity index (χ2n) is 13.0. The number of ketones is 1. The molecule has 0 aromatic carbocycles. The fourth-order valence-corrected chi connectivity index (χ4v) is 6.13. The van der Waals surface area contributed by atoms with Crippen LogP contribution in [0.25, 0.3) is 0 Å². The third kappa shape index (κ3) is 37.2. The van der Waals surface area contributed by atoms with Crippen molar-refractivity contribution in [1.82, 2.24) is 0 Å². The Labute approximate surface area is 287 Å². The number of carbonyl (C=O) groups is 1. The van der Waals surface area contributed by atoms with Crippen molar-refractivity contribution in [2.24, 2.45) is 5.41 Å². The van der Waals surface area contributed by atoms with Gasteiger partial charge in [0.25, 0.3) is 0 Å². The van der Waals surface area contributed by atoms with E-state index in [-0.39, 0.29) is 0 Å². The van der Waals surface area contributed by atoms with Gasteiger partial charge in [-0.15, -0.1) is 0 Å². The van der Waals surface area contributed by atoms with E-state index in [1.54, 1.807) is 0 Å². The van der Waals surface area contributed by atoms with Crippen LogP contribution in [0.5, 0.6) is 0 Å². The average molecular weight is 631 g/mol. The minimum absolute atomic E-state index is 0.374. The summed E-state index contributed by atoms with van der Waals surface area (Å²) in [5.74, 6) is 0.541. The number of carbonyl (C=O) groups excluding carboxylic acids is 1. The van der Waals surface area contributed by atoms with Gasteiger partial charge in [0.2, 0.25) is 0 Å². The monoisotopic (exact) mass is 631 g/mol. The van der Waals surface area contributed by atoms with Gasteiger partial charge >= 0.3 is 0 Å². The van der Waals surface area contributed by atoms with Crippen LogP contribution in [0.1, 0.15) is 235 Å². The molecular weight excluding hydrogens is 544 g/mol. The molecule has 0 saturated heterocycles. The summed E-state index contributed by atoms with van der Waals surface area (Å²) < 4.78 is 0. The molecule has 1 aliphatic carbocycles. The summed E-state index contributed by atoms with van der Waals surface area (Å²) in [6.07, 6.45) is 50.2. The summed E-state index contributed by atoms with van der Waals surface area (Å²) in [6.45, 7) is 16.7. The van der Waals surface area contributed by atoms with Crippen LogP contribution < -0.4 is 0 Å². The first-order valence-corrected chi connectivity index (χ1v) is 20.6. The number of hydrogen-bond acceptors (Lipinski definition) is 1. The molecule has 1 saturated carbocycles. The molecule has 1 atom stereocenters. The van der Waals surface area contributed by atoms with Crippen LogP contribution in [0.2, 0.25) is 0 Å². The summed E-state index contributed by atoms with van der Waals surface area (Å²) in [7, 11) is 0. The highest BCUT2D eigenvalue weighted by atomic mass is 16.1. The van der Waals surface area contributed by atoms with Crippen LogP contribution in [-0.2, 0) is 4.79 Å². The van der Waals surface area contributed by atoms with Gasteiger partial charge in [0.05, 0.1) is 0 Å². The molecule has 0 amide bonds. The molecule has 0 aromatic rings. The predicted molar refractivity (Wildman–Crippen MR) is 210 cm³/mol. The van der Waals surface area contributed by atoms with Gasteiger partial charge in [-0.05, 0) is 69.6 Å². The third-order valence-corrected chi connectivity index (χ3v) is 8.64. The van der Waals surface area contributed by atoms with E-state index in [9.17, 15) is 4.79 Å². The van der Waals surface area contributed by atoms with Crippen molar-refractivity contribution in [2.75, 3.05) is 0 Å². The highest BCUT2D eigenvalue weighted by Gasteiger charge is 2.36. The lowest BCUT2D eigenvalue weighted by Crippen LogP contribution is -2.17. The first-order valence-electron chi connectivity index (χ1n) is 20.6. The fourth-order valence-electron chi connectivity index (χ4n) is 6.13. The minimum Gasteiger partial charge on any atom is -0.300 e. The number of allylic oxidation sites excluding steroid dienone is 6. The first kappa shape index (κ1) is 48.3. The average Bonchev–Trinajstić information content (AvgIpc) is 3.43. The first-order chi connectivity index (χ1) is 22.1. The largest absolute Gasteiger partial charge is 0.300 e. The predicted octanol–water partition coefficient (Wildman–Crippen LogP) is 16.3. The van der Waals surface area contributed by atoms with E-state index < -0.39 is 0 Å². The van der Waals surface area contributed by atoms with Gasteiger partial charge in [-0.1, -0.05) is 195 Å². The van der Waals surface area contributed by atoms with Crippen LogP contribution in [0, 0.1) is 5.41 Å². The smallest absolute Gasteiger partial charge is 0.133 e. The second-order valence-corrected chi connectivity index (χ2v) is 13.0. The van der Waals surface area contributed by atoms with Crippen molar-refractivity contribution in [2.45, 2.75) is 235 Å². The van der Waals surface area contributed by atoms with Gasteiger partial charge in [0.15, 0.2) is 0 Å². The van der Waals surface area contributed by atoms with E-state index in [0.717, 1.165) is 25.7 Å².